The first-order valence-corrected chi connectivity index (χ1v) is 18.6. The standard InChI is InChI=1S/C25H46N2O7Si2/c1-12-31-20(29)15-17-18(16-32-35(8,9)24(2,3)4)33-22(27-14-13-19(28)26-23(27)30)21(17)34-36(10,11)25(5,6)7/h13-14,17-18,21-22H,12,15-16H2,1-11H3,(H,26,28,30)/t17-,18-,21-,22-/m1/s1. The summed E-state index contributed by atoms with van der Waals surface area (Å²) in [4.78, 5) is 39.5. The Morgan fingerprint density at radius 3 is 2.14 bits per heavy atom. The smallest absolute Gasteiger partial charge is 0.330 e. The van der Waals surface area contributed by atoms with Crippen LogP contribution in [0.25, 0.3) is 0 Å². The van der Waals surface area contributed by atoms with E-state index in [1.807, 2.05) is 0 Å². The summed E-state index contributed by atoms with van der Waals surface area (Å²) < 4.78 is 26.5. The highest BCUT2D eigenvalue weighted by atomic mass is 28.4. The van der Waals surface area contributed by atoms with Gasteiger partial charge in [-0.2, -0.15) is 0 Å². The summed E-state index contributed by atoms with van der Waals surface area (Å²) in [5.41, 5.74) is -1.07. The fourth-order valence-electron chi connectivity index (χ4n) is 3.62. The molecule has 0 saturated carbocycles. The molecule has 206 valence electrons. The number of hydrogen-bond donors (Lipinski definition) is 1. The molecular weight excluding hydrogens is 496 g/mol. The lowest BCUT2D eigenvalue weighted by atomic mass is 9.94. The predicted octanol–water partition coefficient (Wildman–Crippen LogP) is 4.42. The van der Waals surface area contributed by atoms with Crippen molar-refractivity contribution in [1.82, 2.24) is 9.55 Å². The minimum atomic E-state index is -2.35. The fourth-order valence-corrected chi connectivity index (χ4v) is 5.96. The molecule has 0 amide bonds. The maximum Gasteiger partial charge on any atom is 0.330 e. The van der Waals surface area contributed by atoms with Gasteiger partial charge in [-0.05, 0) is 43.2 Å². The fraction of sp³-hybridized carbons (Fsp3) is 0.800. The van der Waals surface area contributed by atoms with Crippen molar-refractivity contribution < 1.29 is 23.1 Å². The van der Waals surface area contributed by atoms with E-state index in [-0.39, 0.29) is 35.7 Å². The number of esters is 1. The number of nitrogens with zero attached hydrogens (tertiary/aromatic N) is 1. The minimum Gasteiger partial charge on any atom is -0.466 e. The average Bonchev–Trinajstić information content (AvgIpc) is 3.01. The zero-order valence-corrected chi connectivity index (χ0v) is 25.9. The van der Waals surface area contributed by atoms with Crippen molar-refractivity contribution in [3.05, 3.63) is 33.1 Å². The molecule has 0 unspecified atom stereocenters. The second kappa shape index (κ2) is 11.1. The van der Waals surface area contributed by atoms with Gasteiger partial charge in [-0.1, -0.05) is 41.5 Å². The van der Waals surface area contributed by atoms with Crippen LogP contribution in [-0.4, -0.2) is 57.6 Å². The van der Waals surface area contributed by atoms with E-state index >= 15 is 0 Å². The van der Waals surface area contributed by atoms with Crippen molar-refractivity contribution in [2.75, 3.05) is 13.2 Å². The molecule has 1 aromatic heterocycles. The predicted molar refractivity (Wildman–Crippen MR) is 145 cm³/mol. The molecule has 11 heteroatoms. The lowest BCUT2D eigenvalue weighted by molar-refractivity contribution is -0.145. The molecule has 1 saturated heterocycles. The van der Waals surface area contributed by atoms with Gasteiger partial charge in [0.15, 0.2) is 22.9 Å². The van der Waals surface area contributed by atoms with E-state index in [0.29, 0.717) is 0 Å². The summed E-state index contributed by atoms with van der Waals surface area (Å²) in [5, 5.41) is -0.119. The summed E-state index contributed by atoms with van der Waals surface area (Å²) in [6.07, 6.45) is -0.426. The SMILES string of the molecule is CCOC(=O)C[C@H]1[C@@H](O[Si](C)(C)C(C)(C)C)[C@H](n2ccc(=O)[nH]c2=O)O[C@@H]1CO[Si](C)(C)C(C)(C)C. The van der Waals surface area contributed by atoms with E-state index in [9.17, 15) is 14.4 Å². The second-order valence-electron chi connectivity index (χ2n) is 12.7. The molecule has 36 heavy (non-hydrogen) atoms. The minimum absolute atomic E-state index is 0.00542. The Bertz CT molecular complexity index is 1020. The summed E-state index contributed by atoms with van der Waals surface area (Å²) in [6.45, 7) is 23.8. The van der Waals surface area contributed by atoms with Gasteiger partial charge in [-0.25, -0.2) is 4.79 Å². The Kier molecular flexibility index (Phi) is 9.43. The molecular formula is C25H46N2O7Si2. The van der Waals surface area contributed by atoms with Gasteiger partial charge in [0.2, 0.25) is 0 Å². The number of hydrogen-bond acceptors (Lipinski definition) is 7. The van der Waals surface area contributed by atoms with Crippen LogP contribution in [0.15, 0.2) is 21.9 Å². The Morgan fingerprint density at radius 2 is 1.64 bits per heavy atom. The number of ether oxygens (including phenoxy) is 2. The van der Waals surface area contributed by atoms with Crippen LogP contribution in [0.3, 0.4) is 0 Å². The first kappa shape index (κ1) is 30.7. The highest BCUT2D eigenvalue weighted by Gasteiger charge is 2.52. The lowest BCUT2D eigenvalue weighted by Crippen LogP contribution is -2.49. The second-order valence-corrected chi connectivity index (χ2v) is 22.2. The van der Waals surface area contributed by atoms with Gasteiger partial charge < -0.3 is 18.3 Å². The van der Waals surface area contributed by atoms with Crippen LogP contribution in [-0.2, 0) is 23.1 Å². The Morgan fingerprint density at radius 1 is 1.06 bits per heavy atom. The van der Waals surface area contributed by atoms with Crippen LogP contribution in [0.2, 0.25) is 36.3 Å². The highest BCUT2D eigenvalue weighted by Crippen LogP contribution is 2.45. The van der Waals surface area contributed by atoms with Crippen LogP contribution < -0.4 is 11.2 Å². The van der Waals surface area contributed by atoms with E-state index in [1.165, 1.54) is 16.8 Å². The normalized spacial score (nSPS) is 23.6. The van der Waals surface area contributed by atoms with Crippen molar-refractivity contribution >= 4 is 22.6 Å². The highest BCUT2D eigenvalue weighted by molar-refractivity contribution is 6.74. The maximum absolute atomic E-state index is 12.8. The monoisotopic (exact) mass is 542 g/mol. The molecule has 1 N–H and O–H groups in total. The summed E-state index contributed by atoms with van der Waals surface area (Å²) in [7, 11) is -4.47. The summed E-state index contributed by atoms with van der Waals surface area (Å²) >= 11 is 0. The molecule has 1 aliphatic heterocycles. The number of H-pyrrole nitrogens is 1. The van der Waals surface area contributed by atoms with Crippen LogP contribution in [0.4, 0.5) is 0 Å². The molecule has 1 aliphatic rings. The molecule has 0 aliphatic carbocycles. The molecule has 0 radical (unpaired) electrons. The zero-order valence-electron chi connectivity index (χ0n) is 23.9. The van der Waals surface area contributed by atoms with E-state index < -0.39 is 52.2 Å². The van der Waals surface area contributed by atoms with E-state index in [1.54, 1.807) is 6.92 Å². The van der Waals surface area contributed by atoms with Crippen molar-refractivity contribution in [3.8, 4) is 0 Å². The van der Waals surface area contributed by atoms with Gasteiger partial charge >= 0.3 is 11.7 Å². The van der Waals surface area contributed by atoms with E-state index in [0.717, 1.165) is 0 Å². The molecule has 2 heterocycles. The molecule has 4 atom stereocenters. The largest absolute Gasteiger partial charge is 0.466 e. The number of rotatable bonds is 9. The maximum atomic E-state index is 12.8. The van der Waals surface area contributed by atoms with Gasteiger partial charge in [-0.3, -0.25) is 19.1 Å². The first-order valence-electron chi connectivity index (χ1n) is 12.7. The van der Waals surface area contributed by atoms with Crippen LogP contribution in [0.5, 0.6) is 0 Å². The van der Waals surface area contributed by atoms with Crippen molar-refractivity contribution in [3.63, 3.8) is 0 Å². The topological polar surface area (TPSA) is 109 Å². The van der Waals surface area contributed by atoms with Crippen LogP contribution in [0.1, 0.15) is 61.1 Å². The van der Waals surface area contributed by atoms with Crippen molar-refractivity contribution in [2.45, 2.75) is 110 Å². The van der Waals surface area contributed by atoms with Gasteiger partial charge in [0.05, 0.1) is 31.8 Å². The summed E-state index contributed by atoms with van der Waals surface area (Å²) in [6, 6.07) is 1.29. The third-order valence-corrected chi connectivity index (χ3v) is 17.0. The molecule has 0 bridgehead atoms. The van der Waals surface area contributed by atoms with Crippen molar-refractivity contribution in [1.29, 1.82) is 0 Å². The Balaban J connectivity index is 2.55. The van der Waals surface area contributed by atoms with Gasteiger partial charge in [0.25, 0.3) is 5.56 Å². The van der Waals surface area contributed by atoms with Gasteiger partial charge in [0, 0.05) is 18.2 Å². The number of carbonyl (C=O) groups is 1. The zero-order chi connectivity index (χ0) is 27.7. The quantitative estimate of drug-likeness (QED) is 0.363. The van der Waals surface area contributed by atoms with E-state index in [2.05, 4.69) is 72.7 Å². The number of carbonyl (C=O) groups excluding carboxylic acids is 1. The Labute approximate surface area is 217 Å². The van der Waals surface area contributed by atoms with Gasteiger partial charge in [-0.15, -0.1) is 0 Å². The van der Waals surface area contributed by atoms with Crippen molar-refractivity contribution in [2.24, 2.45) is 5.92 Å². The first-order chi connectivity index (χ1) is 16.3. The third-order valence-electron chi connectivity index (χ3n) is 7.98. The lowest BCUT2D eigenvalue weighted by Gasteiger charge is -2.41. The molecule has 0 aromatic carbocycles. The number of aromatic amines is 1. The molecule has 1 aromatic rings. The number of nitrogens with one attached hydrogen (secondary N) is 1. The van der Waals surface area contributed by atoms with Crippen LogP contribution >= 0.6 is 0 Å². The van der Waals surface area contributed by atoms with Gasteiger partial charge in [0.1, 0.15) is 0 Å². The summed E-state index contributed by atoms with van der Waals surface area (Å²) in [5.74, 6) is -0.742. The van der Waals surface area contributed by atoms with E-state index in [4.69, 9.17) is 18.3 Å². The number of aromatic nitrogens is 2. The molecule has 2 rings (SSSR count). The average molecular weight is 543 g/mol. The molecule has 0 spiro atoms. The molecule has 1 fully saturated rings. The Hall–Kier alpha value is -1.54. The third kappa shape index (κ3) is 7.06. The van der Waals surface area contributed by atoms with Crippen LogP contribution in [0, 0.1) is 5.92 Å². The molecule has 9 nitrogen and oxygen atoms in total.